The first-order valence-electron chi connectivity index (χ1n) is 7.60. The smallest absolute Gasteiger partial charge is 0.126 e. The maximum atomic E-state index is 13.8. The molecule has 3 heteroatoms. The van der Waals surface area contributed by atoms with Crippen molar-refractivity contribution in [2.75, 3.05) is 13.1 Å². The predicted octanol–water partition coefficient (Wildman–Crippen LogP) is 2.64. The van der Waals surface area contributed by atoms with E-state index in [1.165, 1.54) is 37.9 Å². The summed E-state index contributed by atoms with van der Waals surface area (Å²) in [6, 6.07) is 7.26. The molecule has 4 rings (SSSR count). The van der Waals surface area contributed by atoms with E-state index < -0.39 is 0 Å². The highest BCUT2D eigenvalue weighted by Crippen LogP contribution is 2.35. The van der Waals surface area contributed by atoms with Crippen molar-refractivity contribution in [2.24, 2.45) is 0 Å². The molecule has 1 aliphatic carbocycles. The maximum absolute atomic E-state index is 13.8. The van der Waals surface area contributed by atoms with Gasteiger partial charge in [0.15, 0.2) is 0 Å². The summed E-state index contributed by atoms with van der Waals surface area (Å²) in [4.78, 5) is 2.62. The number of benzene rings is 1. The van der Waals surface area contributed by atoms with Gasteiger partial charge in [-0.2, -0.15) is 0 Å². The molecular formula is C16H21FN2. The number of fused-ring (bicyclic) bond motifs is 2. The van der Waals surface area contributed by atoms with Crippen LogP contribution in [0.25, 0.3) is 0 Å². The molecule has 0 radical (unpaired) electrons. The second-order valence-corrected chi connectivity index (χ2v) is 6.21. The minimum atomic E-state index is -0.0179. The molecule has 1 aromatic rings. The van der Waals surface area contributed by atoms with E-state index in [0.717, 1.165) is 24.4 Å². The number of nitrogens with one attached hydrogen (secondary N) is 1. The molecule has 0 amide bonds. The van der Waals surface area contributed by atoms with Gasteiger partial charge in [0.05, 0.1) is 0 Å². The standard InChI is InChI=1S/C16H21FN2/c17-13-4-1-3-12-11(13)6-7-14(12)18-15-8-10-19-9-2-5-16(15)19/h1,3-4,14-16,18H,2,5-10H2. The molecule has 2 fully saturated rings. The van der Waals surface area contributed by atoms with Gasteiger partial charge in [-0.05, 0) is 55.8 Å². The minimum Gasteiger partial charge on any atom is -0.306 e. The Labute approximate surface area is 114 Å². The maximum Gasteiger partial charge on any atom is 0.126 e. The Balaban J connectivity index is 1.52. The number of halogens is 1. The van der Waals surface area contributed by atoms with Crippen molar-refractivity contribution < 1.29 is 4.39 Å². The van der Waals surface area contributed by atoms with Crippen LogP contribution in [-0.4, -0.2) is 30.1 Å². The van der Waals surface area contributed by atoms with Gasteiger partial charge in [-0.25, -0.2) is 4.39 Å². The average molecular weight is 260 g/mol. The third-order valence-corrected chi connectivity index (χ3v) is 5.23. The molecule has 3 unspecified atom stereocenters. The molecule has 3 aliphatic rings. The molecule has 0 spiro atoms. The van der Waals surface area contributed by atoms with Gasteiger partial charge in [-0.15, -0.1) is 0 Å². The monoisotopic (exact) mass is 260 g/mol. The molecule has 2 aliphatic heterocycles. The summed E-state index contributed by atoms with van der Waals surface area (Å²) in [6.07, 6.45) is 5.88. The Kier molecular flexibility index (Phi) is 2.85. The van der Waals surface area contributed by atoms with Gasteiger partial charge < -0.3 is 5.32 Å². The third kappa shape index (κ3) is 1.91. The lowest BCUT2D eigenvalue weighted by Crippen LogP contribution is -2.40. The van der Waals surface area contributed by atoms with Crippen LogP contribution in [0.4, 0.5) is 4.39 Å². The van der Waals surface area contributed by atoms with Crippen LogP contribution < -0.4 is 5.32 Å². The number of hydrogen-bond donors (Lipinski definition) is 1. The molecule has 3 atom stereocenters. The summed E-state index contributed by atoms with van der Waals surface area (Å²) >= 11 is 0. The molecule has 2 nitrogen and oxygen atoms in total. The Hall–Kier alpha value is -0.930. The Morgan fingerprint density at radius 2 is 2.11 bits per heavy atom. The Morgan fingerprint density at radius 3 is 3.05 bits per heavy atom. The molecule has 0 saturated carbocycles. The van der Waals surface area contributed by atoms with E-state index in [4.69, 9.17) is 0 Å². The van der Waals surface area contributed by atoms with Crippen LogP contribution in [0.2, 0.25) is 0 Å². The first-order valence-corrected chi connectivity index (χ1v) is 7.60. The van der Waals surface area contributed by atoms with E-state index in [2.05, 4.69) is 16.3 Å². The zero-order chi connectivity index (χ0) is 12.8. The SMILES string of the molecule is Fc1cccc2c1CCC2NC1CCN2CCCC12. The lowest BCUT2D eigenvalue weighted by Gasteiger charge is -2.25. The van der Waals surface area contributed by atoms with Crippen molar-refractivity contribution in [3.63, 3.8) is 0 Å². The lowest BCUT2D eigenvalue weighted by atomic mass is 10.0. The fourth-order valence-corrected chi connectivity index (χ4v) is 4.32. The summed E-state index contributed by atoms with van der Waals surface area (Å²) in [7, 11) is 0. The normalized spacial score (nSPS) is 33.6. The van der Waals surface area contributed by atoms with E-state index >= 15 is 0 Å². The van der Waals surface area contributed by atoms with E-state index in [1.54, 1.807) is 6.07 Å². The van der Waals surface area contributed by atoms with Crippen molar-refractivity contribution in [3.05, 3.63) is 35.1 Å². The molecule has 0 bridgehead atoms. The lowest BCUT2D eigenvalue weighted by molar-refractivity contribution is 0.288. The van der Waals surface area contributed by atoms with E-state index in [9.17, 15) is 4.39 Å². The molecular weight excluding hydrogens is 239 g/mol. The number of hydrogen-bond acceptors (Lipinski definition) is 2. The summed E-state index contributed by atoms with van der Waals surface area (Å²) in [5, 5.41) is 3.82. The fourth-order valence-electron chi connectivity index (χ4n) is 4.32. The van der Waals surface area contributed by atoms with Gasteiger partial charge in [0.1, 0.15) is 5.82 Å². The van der Waals surface area contributed by atoms with Gasteiger partial charge in [0.2, 0.25) is 0 Å². The van der Waals surface area contributed by atoms with E-state index in [1.807, 2.05) is 6.07 Å². The van der Waals surface area contributed by atoms with Crippen molar-refractivity contribution in [1.29, 1.82) is 0 Å². The summed E-state index contributed by atoms with van der Waals surface area (Å²) in [5.74, 6) is -0.0179. The second-order valence-electron chi connectivity index (χ2n) is 6.21. The Morgan fingerprint density at radius 1 is 1.16 bits per heavy atom. The highest BCUT2D eigenvalue weighted by atomic mass is 19.1. The zero-order valence-electron chi connectivity index (χ0n) is 11.2. The first kappa shape index (κ1) is 11.9. The van der Waals surface area contributed by atoms with Crippen LogP contribution in [0.1, 0.15) is 42.9 Å². The van der Waals surface area contributed by atoms with E-state index in [0.29, 0.717) is 12.1 Å². The molecule has 1 N–H and O–H groups in total. The van der Waals surface area contributed by atoms with Crippen molar-refractivity contribution in [2.45, 2.75) is 50.2 Å². The van der Waals surface area contributed by atoms with Crippen LogP contribution in [0.3, 0.4) is 0 Å². The second kappa shape index (κ2) is 4.57. The highest BCUT2D eigenvalue weighted by molar-refractivity contribution is 5.35. The Bertz CT molecular complexity index is 488. The van der Waals surface area contributed by atoms with Crippen LogP contribution in [0.15, 0.2) is 18.2 Å². The van der Waals surface area contributed by atoms with Gasteiger partial charge in [0, 0.05) is 24.7 Å². The van der Waals surface area contributed by atoms with Crippen LogP contribution in [0, 0.1) is 5.82 Å². The number of rotatable bonds is 2. The van der Waals surface area contributed by atoms with Gasteiger partial charge >= 0.3 is 0 Å². The van der Waals surface area contributed by atoms with Gasteiger partial charge in [0.25, 0.3) is 0 Å². The summed E-state index contributed by atoms with van der Waals surface area (Å²) in [6.45, 7) is 2.52. The quantitative estimate of drug-likeness (QED) is 0.879. The molecule has 0 aromatic heterocycles. The van der Waals surface area contributed by atoms with Gasteiger partial charge in [-0.3, -0.25) is 4.90 Å². The highest BCUT2D eigenvalue weighted by Gasteiger charge is 2.39. The molecule has 19 heavy (non-hydrogen) atoms. The van der Waals surface area contributed by atoms with E-state index in [-0.39, 0.29) is 5.82 Å². The van der Waals surface area contributed by atoms with Gasteiger partial charge in [-0.1, -0.05) is 12.1 Å². The van der Waals surface area contributed by atoms with Crippen molar-refractivity contribution >= 4 is 0 Å². The zero-order valence-corrected chi connectivity index (χ0v) is 11.2. The van der Waals surface area contributed by atoms with Crippen molar-refractivity contribution in [3.8, 4) is 0 Å². The first-order chi connectivity index (χ1) is 9.33. The topological polar surface area (TPSA) is 15.3 Å². The van der Waals surface area contributed by atoms with Crippen LogP contribution >= 0.6 is 0 Å². The number of nitrogens with zero attached hydrogens (tertiary/aromatic N) is 1. The fraction of sp³-hybridized carbons (Fsp3) is 0.625. The van der Waals surface area contributed by atoms with Crippen LogP contribution in [-0.2, 0) is 6.42 Å². The molecule has 102 valence electrons. The molecule has 2 heterocycles. The minimum absolute atomic E-state index is 0.0179. The molecule has 1 aromatic carbocycles. The average Bonchev–Trinajstić information content (AvgIpc) is 3.08. The summed E-state index contributed by atoms with van der Waals surface area (Å²) < 4.78 is 13.8. The predicted molar refractivity (Wildman–Crippen MR) is 73.6 cm³/mol. The largest absolute Gasteiger partial charge is 0.306 e. The van der Waals surface area contributed by atoms with Crippen molar-refractivity contribution in [1.82, 2.24) is 10.2 Å². The molecule has 2 saturated heterocycles. The van der Waals surface area contributed by atoms with Crippen LogP contribution in [0.5, 0.6) is 0 Å². The third-order valence-electron chi connectivity index (χ3n) is 5.23. The summed E-state index contributed by atoms with van der Waals surface area (Å²) in [5.41, 5.74) is 2.15.